The maximum Gasteiger partial charge on any atom is 0.151 e. The minimum atomic E-state index is -2.91. The van der Waals surface area contributed by atoms with Crippen LogP contribution < -0.4 is 5.73 Å². The molecule has 0 saturated heterocycles. The van der Waals surface area contributed by atoms with E-state index in [1.165, 1.54) is 5.56 Å². The average molecular weight is 270 g/mol. The molecule has 1 rings (SSSR count). The van der Waals surface area contributed by atoms with Gasteiger partial charge < -0.3 is 5.73 Å². The Kier molecular flexibility index (Phi) is 6.32. The first-order chi connectivity index (χ1) is 8.57. The maximum absolute atomic E-state index is 11.5. The van der Waals surface area contributed by atoms with Gasteiger partial charge in [0.2, 0.25) is 0 Å². The Morgan fingerprint density at radius 2 is 1.83 bits per heavy atom. The predicted octanol–water partition coefficient (Wildman–Crippen LogP) is 0.882. The van der Waals surface area contributed by atoms with Gasteiger partial charge in [0.25, 0.3) is 0 Å². The van der Waals surface area contributed by atoms with Crippen LogP contribution in [0, 0.1) is 0 Å². The van der Waals surface area contributed by atoms with Gasteiger partial charge >= 0.3 is 0 Å². The first-order valence-electron chi connectivity index (χ1n) is 6.24. The lowest BCUT2D eigenvalue weighted by molar-refractivity contribution is 0.289. The van der Waals surface area contributed by atoms with Crippen molar-refractivity contribution in [2.75, 3.05) is 31.1 Å². The van der Waals surface area contributed by atoms with E-state index < -0.39 is 9.84 Å². The van der Waals surface area contributed by atoms with Crippen LogP contribution in [0.3, 0.4) is 0 Å². The fourth-order valence-electron chi connectivity index (χ4n) is 1.71. The maximum atomic E-state index is 11.5. The molecule has 102 valence electrons. The highest BCUT2D eigenvalue weighted by Gasteiger charge is 2.11. The molecule has 0 heterocycles. The molecule has 0 aliphatic heterocycles. The molecule has 0 aromatic heterocycles. The number of sulfone groups is 1. The van der Waals surface area contributed by atoms with Crippen molar-refractivity contribution in [3.05, 3.63) is 35.9 Å². The van der Waals surface area contributed by atoms with Crippen LogP contribution in [0.1, 0.15) is 12.5 Å². The van der Waals surface area contributed by atoms with Gasteiger partial charge in [-0.15, -0.1) is 0 Å². The Bertz CT molecular complexity index is 432. The highest BCUT2D eigenvalue weighted by atomic mass is 32.2. The molecule has 1 aromatic carbocycles. The van der Waals surface area contributed by atoms with Gasteiger partial charge in [0, 0.05) is 31.9 Å². The summed E-state index contributed by atoms with van der Waals surface area (Å²) in [5.74, 6) is 0.408. The highest BCUT2D eigenvalue weighted by Crippen LogP contribution is 2.04. The van der Waals surface area contributed by atoms with Gasteiger partial charge in [0.1, 0.15) is 0 Å². The van der Waals surface area contributed by atoms with Crippen molar-refractivity contribution in [2.24, 2.45) is 5.73 Å². The summed E-state index contributed by atoms with van der Waals surface area (Å²) in [6, 6.07) is 10.0. The molecule has 0 aliphatic carbocycles. The molecule has 0 bridgehead atoms. The fraction of sp³-hybridized carbons (Fsp3) is 0.538. The fourth-order valence-corrected chi connectivity index (χ4v) is 2.53. The molecule has 18 heavy (non-hydrogen) atoms. The standard InChI is InChI=1S/C13H22N2O2S/c1-2-18(16,17)11-10-15(9-8-14)12-13-6-4-3-5-7-13/h3-7H,2,8-12,14H2,1H3. The van der Waals surface area contributed by atoms with Crippen molar-refractivity contribution in [1.82, 2.24) is 4.90 Å². The van der Waals surface area contributed by atoms with Gasteiger partial charge in [-0.2, -0.15) is 0 Å². The second kappa shape index (κ2) is 7.51. The minimum absolute atomic E-state index is 0.203. The smallest absolute Gasteiger partial charge is 0.151 e. The number of nitrogens with two attached hydrogens (primary N) is 1. The summed E-state index contributed by atoms with van der Waals surface area (Å²) in [5, 5.41) is 0. The van der Waals surface area contributed by atoms with Crippen LogP contribution in [-0.4, -0.2) is 44.5 Å². The number of hydrogen-bond acceptors (Lipinski definition) is 4. The van der Waals surface area contributed by atoms with Gasteiger partial charge in [0.05, 0.1) is 5.75 Å². The Morgan fingerprint density at radius 3 is 2.39 bits per heavy atom. The molecule has 0 amide bonds. The molecular weight excluding hydrogens is 248 g/mol. The number of benzene rings is 1. The molecule has 0 saturated carbocycles. The Labute approximate surface area is 110 Å². The zero-order valence-corrected chi connectivity index (χ0v) is 11.7. The minimum Gasteiger partial charge on any atom is -0.329 e. The van der Waals surface area contributed by atoms with Gasteiger partial charge in [-0.25, -0.2) is 8.42 Å². The largest absolute Gasteiger partial charge is 0.329 e. The van der Waals surface area contributed by atoms with Crippen LogP contribution in [0.4, 0.5) is 0 Å². The molecule has 0 radical (unpaired) electrons. The van der Waals surface area contributed by atoms with Crippen molar-refractivity contribution in [3.63, 3.8) is 0 Å². The quantitative estimate of drug-likeness (QED) is 0.762. The average Bonchev–Trinajstić information content (AvgIpc) is 2.38. The molecule has 0 unspecified atom stereocenters. The summed E-state index contributed by atoms with van der Waals surface area (Å²) < 4.78 is 23.0. The van der Waals surface area contributed by atoms with Crippen LogP contribution in [0.25, 0.3) is 0 Å². The van der Waals surface area contributed by atoms with Gasteiger partial charge in [-0.05, 0) is 5.56 Å². The Hall–Kier alpha value is -0.910. The lowest BCUT2D eigenvalue weighted by Gasteiger charge is -2.21. The van der Waals surface area contributed by atoms with E-state index in [-0.39, 0.29) is 11.5 Å². The van der Waals surface area contributed by atoms with Crippen LogP contribution in [-0.2, 0) is 16.4 Å². The SMILES string of the molecule is CCS(=O)(=O)CCN(CCN)Cc1ccccc1. The first-order valence-corrected chi connectivity index (χ1v) is 8.06. The zero-order valence-electron chi connectivity index (χ0n) is 10.9. The molecular formula is C13H22N2O2S. The lowest BCUT2D eigenvalue weighted by atomic mass is 10.2. The summed E-state index contributed by atoms with van der Waals surface area (Å²) in [4.78, 5) is 2.09. The van der Waals surface area contributed by atoms with Gasteiger partial charge in [-0.1, -0.05) is 37.3 Å². The Balaban J connectivity index is 2.55. The van der Waals surface area contributed by atoms with Crippen molar-refractivity contribution < 1.29 is 8.42 Å². The van der Waals surface area contributed by atoms with Crippen molar-refractivity contribution in [1.29, 1.82) is 0 Å². The summed E-state index contributed by atoms with van der Waals surface area (Å²) in [7, 11) is -2.91. The lowest BCUT2D eigenvalue weighted by Crippen LogP contribution is -2.33. The van der Waals surface area contributed by atoms with E-state index >= 15 is 0 Å². The van der Waals surface area contributed by atoms with Crippen LogP contribution >= 0.6 is 0 Å². The molecule has 4 nitrogen and oxygen atoms in total. The van der Waals surface area contributed by atoms with Gasteiger partial charge in [-0.3, -0.25) is 4.90 Å². The van der Waals surface area contributed by atoms with E-state index in [2.05, 4.69) is 4.90 Å². The molecule has 0 aliphatic rings. The van der Waals surface area contributed by atoms with Crippen LogP contribution in [0.2, 0.25) is 0 Å². The second-order valence-corrected chi connectivity index (χ2v) is 6.76. The molecule has 0 atom stereocenters. The van der Waals surface area contributed by atoms with E-state index in [0.29, 0.717) is 19.6 Å². The van der Waals surface area contributed by atoms with Crippen LogP contribution in [0.5, 0.6) is 0 Å². The topological polar surface area (TPSA) is 63.4 Å². The van der Waals surface area contributed by atoms with Crippen molar-refractivity contribution >= 4 is 9.84 Å². The van der Waals surface area contributed by atoms with E-state index in [1.54, 1.807) is 6.92 Å². The van der Waals surface area contributed by atoms with Crippen LogP contribution in [0.15, 0.2) is 30.3 Å². The van der Waals surface area contributed by atoms with E-state index in [4.69, 9.17) is 5.73 Å². The summed E-state index contributed by atoms with van der Waals surface area (Å²) in [5.41, 5.74) is 6.74. The molecule has 2 N–H and O–H groups in total. The number of rotatable bonds is 8. The third kappa shape index (κ3) is 5.62. The predicted molar refractivity (Wildman–Crippen MR) is 75.1 cm³/mol. The van der Waals surface area contributed by atoms with Crippen molar-refractivity contribution in [3.8, 4) is 0 Å². The molecule has 0 spiro atoms. The highest BCUT2D eigenvalue weighted by molar-refractivity contribution is 7.91. The molecule has 5 heteroatoms. The third-order valence-corrected chi connectivity index (χ3v) is 4.54. The molecule has 1 aromatic rings. The van der Waals surface area contributed by atoms with E-state index in [0.717, 1.165) is 6.54 Å². The molecule has 0 fully saturated rings. The van der Waals surface area contributed by atoms with E-state index in [9.17, 15) is 8.42 Å². The second-order valence-electron chi connectivity index (χ2n) is 4.29. The Morgan fingerprint density at radius 1 is 1.17 bits per heavy atom. The monoisotopic (exact) mass is 270 g/mol. The van der Waals surface area contributed by atoms with Gasteiger partial charge in [0.15, 0.2) is 9.84 Å². The van der Waals surface area contributed by atoms with Crippen molar-refractivity contribution in [2.45, 2.75) is 13.5 Å². The first kappa shape index (κ1) is 15.1. The number of nitrogens with zero attached hydrogens (tertiary/aromatic N) is 1. The summed E-state index contributed by atoms with van der Waals surface area (Å²) in [6.45, 7) is 4.23. The summed E-state index contributed by atoms with van der Waals surface area (Å²) in [6.07, 6.45) is 0. The third-order valence-electron chi connectivity index (χ3n) is 2.85. The zero-order chi connectivity index (χ0) is 13.4. The van der Waals surface area contributed by atoms with E-state index in [1.807, 2.05) is 30.3 Å². The normalized spacial score (nSPS) is 11.9. The number of hydrogen-bond donors (Lipinski definition) is 1. The summed E-state index contributed by atoms with van der Waals surface area (Å²) >= 11 is 0.